The number of anilines is 1. The lowest BCUT2D eigenvalue weighted by atomic mass is 10.1. The molecule has 1 unspecified atom stereocenters. The Labute approximate surface area is 231 Å². The van der Waals surface area contributed by atoms with Gasteiger partial charge in [-0.25, -0.2) is 8.42 Å². The Hall–Kier alpha value is -3.65. The minimum Gasteiger partial charge on any atom is -0.352 e. The number of benzene rings is 3. The number of sulfonamides is 1. The smallest absolute Gasteiger partial charge is 0.264 e. The SMILES string of the molecule is Cc1cccc(N(CC(=O)N(Cc2ccccc2)C(C)C(=O)NC2CCCC2)S(=O)(=O)c2ccccc2)c1C. The van der Waals surface area contributed by atoms with E-state index in [2.05, 4.69) is 5.32 Å². The molecule has 206 valence electrons. The zero-order valence-electron chi connectivity index (χ0n) is 22.8. The van der Waals surface area contributed by atoms with E-state index in [0.717, 1.165) is 42.4 Å². The molecule has 39 heavy (non-hydrogen) atoms. The highest BCUT2D eigenvalue weighted by Crippen LogP contribution is 2.29. The van der Waals surface area contributed by atoms with Gasteiger partial charge in [-0.2, -0.15) is 0 Å². The van der Waals surface area contributed by atoms with Gasteiger partial charge in [0.05, 0.1) is 10.6 Å². The lowest BCUT2D eigenvalue weighted by Crippen LogP contribution is -2.52. The highest BCUT2D eigenvalue weighted by Gasteiger charge is 2.33. The van der Waals surface area contributed by atoms with Crippen LogP contribution in [0.2, 0.25) is 0 Å². The lowest BCUT2D eigenvalue weighted by Gasteiger charge is -2.33. The van der Waals surface area contributed by atoms with Gasteiger partial charge in [-0.15, -0.1) is 0 Å². The van der Waals surface area contributed by atoms with Crippen LogP contribution in [0.1, 0.15) is 49.3 Å². The van der Waals surface area contributed by atoms with Crippen molar-refractivity contribution >= 4 is 27.5 Å². The summed E-state index contributed by atoms with van der Waals surface area (Å²) < 4.78 is 29.0. The molecule has 0 aromatic heterocycles. The minimum absolute atomic E-state index is 0.0975. The van der Waals surface area contributed by atoms with Crippen molar-refractivity contribution in [1.82, 2.24) is 10.2 Å². The first-order valence-electron chi connectivity index (χ1n) is 13.5. The third-order valence-corrected chi connectivity index (χ3v) is 9.29. The average Bonchev–Trinajstić information content (AvgIpc) is 3.45. The monoisotopic (exact) mass is 547 g/mol. The summed E-state index contributed by atoms with van der Waals surface area (Å²) in [5.74, 6) is -0.677. The van der Waals surface area contributed by atoms with Crippen molar-refractivity contribution in [3.63, 3.8) is 0 Å². The predicted octanol–water partition coefficient (Wildman–Crippen LogP) is 4.97. The van der Waals surface area contributed by atoms with Gasteiger partial charge in [0.15, 0.2) is 0 Å². The molecule has 7 nitrogen and oxygen atoms in total. The van der Waals surface area contributed by atoms with E-state index in [9.17, 15) is 18.0 Å². The van der Waals surface area contributed by atoms with Crippen molar-refractivity contribution in [2.75, 3.05) is 10.8 Å². The highest BCUT2D eigenvalue weighted by atomic mass is 32.2. The van der Waals surface area contributed by atoms with Crippen molar-refractivity contribution in [2.45, 2.75) is 70.0 Å². The molecule has 2 amide bonds. The molecule has 0 radical (unpaired) electrons. The van der Waals surface area contributed by atoms with Gasteiger partial charge in [-0.1, -0.05) is 73.5 Å². The summed E-state index contributed by atoms with van der Waals surface area (Å²) in [5, 5.41) is 3.09. The molecule has 1 atom stereocenters. The van der Waals surface area contributed by atoms with Gasteiger partial charge >= 0.3 is 0 Å². The Bertz CT molecular complexity index is 1390. The van der Waals surface area contributed by atoms with Crippen LogP contribution in [0.5, 0.6) is 0 Å². The first kappa shape index (κ1) is 28.4. The molecule has 4 rings (SSSR count). The molecule has 0 bridgehead atoms. The average molecular weight is 548 g/mol. The fourth-order valence-electron chi connectivity index (χ4n) is 4.99. The second-order valence-electron chi connectivity index (χ2n) is 10.2. The number of hydrogen-bond donors (Lipinski definition) is 1. The maximum atomic E-state index is 14.0. The summed E-state index contributed by atoms with van der Waals surface area (Å²) in [6.45, 7) is 5.21. The van der Waals surface area contributed by atoms with Crippen LogP contribution < -0.4 is 9.62 Å². The zero-order chi connectivity index (χ0) is 28.0. The van der Waals surface area contributed by atoms with Crippen molar-refractivity contribution in [3.05, 3.63) is 95.6 Å². The lowest BCUT2D eigenvalue weighted by molar-refractivity contribution is -0.139. The van der Waals surface area contributed by atoms with Crippen LogP contribution in [0.4, 0.5) is 5.69 Å². The number of hydrogen-bond acceptors (Lipinski definition) is 4. The number of nitrogens with one attached hydrogen (secondary N) is 1. The van der Waals surface area contributed by atoms with Crippen molar-refractivity contribution in [1.29, 1.82) is 0 Å². The largest absolute Gasteiger partial charge is 0.352 e. The highest BCUT2D eigenvalue weighted by molar-refractivity contribution is 7.92. The van der Waals surface area contributed by atoms with Crippen LogP contribution in [0, 0.1) is 13.8 Å². The van der Waals surface area contributed by atoms with E-state index in [1.54, 1.807) is 37.3 Å². The topological polar surface area (TPSA) is 86.8 Å². The van der Waals surface area contributed by atoms with Crippen LogP contribution in [0.25, 0.3) is 0 Å². The molecule has 0 saturated heterocycles. The molecule has 1 fully saturated rings. The first-order chi connectivity index (χ1) is 18.7. The molecule has 0 heterocycles. The summed E-state index contributed by atoms with van der Waals surface area (Å²) in [7, 11) is -4.07. The van der Waals surface area contributed by atoms with Crippen LogP contribution in [-0.4, -0.2) is 43.8 Å². The van der Waals surface area contributed by atoms with E-state index in [-0.39, 0.29) is 23.4 Å². The van der Waals surface area contributed by atoms with Gasteiger partial charge in [0, 0.05) is 12.6 Å². The number of nitrogens with zero attached hydrogens (tertiary/aromatic N) is 2. The Morgan fingerprint density at radius 1 is 0.897 bits per heavy atom. The number of carbonyl (C=O) groups is 2. The molecular weight excluding hydrogens is 510 g/mol. The number of amides is 2. The quantitative estimate of drug-likeness (QED) is 0.388. The van der Waals surface area contributed by atoms with Gasteiger partial charge < -0.3 is 10.2 Å². The molecule has 1 aliphatic rings. The Kier molecular flexibility index (Phi) is 9.07. The molecule has 3 aromatic rings. The molecule has 1 saturated carbocycles. The van der Waals surface area contributed by atoms with Crippen LogP contribution in [0.3, 0.4) is 0 Å². The number of rotatable bonds is 10. The second kappa shape index (κ2) is 12.5. The summed E-state index contributed by atoms with van der Waals surface area (Å²) in [6.07, 6.45) is 4.02. The van der Waals surface area contributed by atoms with E-state index in [4.69, 9.17) is 0 Å². The van der Waals surface area contributed by atoms with Crippen LogP contribution >= 0.6 is 0 Å². The van der Waals surface area contributed by atoms with E-state index >= 15 is 0 Å². The summed E-state index contributed by atoms with van der Waals surface area (Å²) in [6, 6.07) is 22.3. The summed E-state index contributed by atoms with van der Waals surface area (Å²) in [4.78, 5) is 28.9. The third-order valence-electron chi connectivity index (χ3n) is 7.52. The van der Waals surface area contributed by atoms with E-state index in [1.165, 1.54) is 21.3 Å². The fraction of sp³-hybridized carbons (Fsp3) is 0.355. The number of aryl methyl sites for hydroxylation is 1. The molecular formula is C31H37N3O4S. The molecule has 8 heteroatoms. The molecule has 0 spiro atoms. The van der Waals surface area contributed by atoms with Gasteiger partial charge in [-0.3, -0.25) is 13.9 Å². The fourth-order valence-corrected chi connectivity index (χ4v) is 6.49. The standard InChI is InChI=1S/C31H37N3O4S/c1-23-13-12-20-29(24(23)2)34(39(37,38)28-18-8-5-9-19-28)22-30(35)33(21-26-14-6-4-7-15-26)25(3)31(36)32-27-16-10-11-17-27/h4-9,12-15,18-20,25,27H,10-11,16-17,21-22H2,1-3H3,(H,32,36). The van der Waals surface area contributed by atoms with E-state index in [1.807, 2.05) is 50.2 Å². The van der Waals surface area contributed by atoms with Crippen molar-refractivity contribution in [3.8, 4) is 0 Å². The van der Waals surface area contributed by atoms with Gasteiger partial charge in [-0.05, 0) is 68.5 Å². The maximum Gasteiger partial charge on any atom is 0.264 e. The van der Waals surface area contributed by atoms with Crippen LogP contribution in [-0.2, 0) is 26.2 Å². The Morgan fingerprint density at radius 2 is 1.51 bits per heavy atom. The van der Waals surface area contributed by atoms with Crippen molar-refractivity contribution < 1.29 is 18.0 Å². The normalized spacial score (nSPS) is 14.5. The first-order valence-corrected chi connectivity index (χ1v) is 14.9. The minimum atomic E-state index is -4.07. The van der Waals surface area contributed by atoms with E-state index in [0.29, 0.717) is 5.69 Å². The summed E-state index contributed by atoms with van der Waals surface area (Å²) in [5.41, 5.74) is 2.98. The van der Waals surface area contributed by atoms with Crippen molar-refractivity contribution in [2.24, 2.45) is 0 Å². The summed E-state index contributed by atoms with van der Waals surface area (Å²) >= 11 is 0. The van der Waals surface area contributed by atoms with Gasteiger partial charge in [0.2, 0.25) is 11.8 Å². The second-order valence-corrected chi connectivity index (χ2v) is 12.1. The molecule has 0 aliphatic heterocycles. The molecule has 3 aromatic carbocycles. The molecule has 1 N–H and O–H groups in total. The Balaban J connectivity index is 1.70. The van der Waals surface area contributed by atoms with Gasteiger partial charge in [0.1, 0.15) is 12.6 Å². The maximum absolute atomic E-state index is 14.0. The van der Waals surface area contributed by atoms with Gasteiger partial charge in [0.25, 0.3) is 10.0 Å². The third kappa shape index (κ3) is 6.68. The zero-order valence-corrected chi connectivity index (χ0v) is 23.7. The van der Waals surface area contributed by atoms with E-state index < -0.39 is 28.5 Å². The Morgan fingerprint density at radius 3 is 2.15 bits per heavy atom. The molecule has 1 aliphatic carbocycles. The number of carbonyl (C=O) groups excluding carboxylic acids is 2. The predicted molar refractivity (Wildman–Crippen MR) is 154 cm³/mol. The van der Waals surface area contributed by atoms with Crippen LogP contribution in [0.15, 0.2) is 83.8 Å².